The van der Waals surface area contributed by atoms with Gasteiger partial charge >= 0.3 is 0 Å². The Labute approximate surface area is 91.2 Å². The maximum absolute atomic E-state index is 5.91. The molecule has 1 atom stereocenters. The summed E-state index contributed by atoms with van der Waals surface area (Å²) in [5.41, 5.74) is 7.52. The highest BCUT2D eigenvalue weighted by molar-refractivity contribution is 5.64. The quantitative estimate of drug-likeness (QED) is 0.768. The molecule has 86 valence electrons. The van der Waals surface area contributed by atoms with Gasteiger partial charge in [-0.3, -0.25) is 4.68 Å². The largest absolute Gasteiger partial charge is 0.394 e. The predicted molar refractivity (Wildman–Crippen MR) is 64.0 cm³/mol. The molecule has 5 heteroatoms. The van der Waals surface area contributed by atoms with E-state index in [1.165, 1.54) is 0 Å². The van der Waals surface area contributed by atoms with Crippen LogP contribution in [0, 0.1) is 6.92 Å². The van der Waals surface area contributed by atoms with Gasteiger partial charge in [-0.1, -0.05) is 0 Å². The van der Waals surface area contributed by atoms with Crippen LogP contribution in [0.25, 0.3) is 0 Å². The van der Waals surface area contributed by atoms with Crippen LogP contribution < -0.4 is 11.1 Å². The molecular weight excluding hydrogens is 190 g/mol. The van der Waals surface area contributed by atoms with Crippen LogP contribution in [0.3, 0.4) is 0 Å². The van der Waals surface area contributed by atoms with Crippen molar-refractivity contribution in [3.05, 3.63) is 5.69 Å². The van der Waals surface area contributed by atoms with E-state index in [1.807, 2.05) is 14.0 Å². The average Bonchev–Trinajstić information content (AvgIpc) is 2.38. The fourth-order valence-electron chi connectivity index (χ4n) is 1.31. The minimum atomic E-state index is 0.458. The van der Waals surface area contributed by atoms with Gasteiger partial charge in [-0.05, 0) is 27.9 Å². The highest BCUT2D eigenvalue weighted by atomic mass is 15.3. The van der Waals surface area contributed by atoms with Crippen molar-refractivity contribution in [2.45, 2.75) is 19.9 Å². The summed E-state index contributed by atoms with van der Waals surface area (Å²) in [7, 11) is 6.01. The number of hydrogen-bond donors (Lipinski definition) is 2. The van der Waals surface area contributed by atoms with Gasteiger partial charge in [0.05, 0.1) is 11.4 Å². The lowest BCUT2D eigenvalue weighted by Crippen LogP contribution is -2.32. The number of nitrogens with two attached hydrogens (primary N) is 1. The van der Waals surface area contributed by atoms with Gasteiger partial charge in [-0.25, -0.2) is 0 Å². The van der Waals surface area contributed by atoms with E-state index in [9.17, 15) is 0 Å². The SMILES string of the molecule is Cc1nn(C)c(NCC(C)N(C)C)c1N. The number of anilines is 2. The Morgan fingerprint density at radius 3 is 2.53 bits per heavy atom. The minimum absolute atomic E-state index is 0.458. The van der Waals surface area contributed by atoms with Crippen molar-refractivity contribution in [3.63, 3.8) is 0 Å². The lowest BCUT2D eigenvalue weighted by molar-refractivity contribution is 0.325. The van der Waals surface area contributed by atoms with E-state index >= 15 is 0 Å². The Morgan fingerprint density at radius 1 is 1.53 bits per heavy atom. The molecule has 15 heavy (non-hydrogen) atoms. The van der Waals surface area contributed by atoms with E-state index in [4.69, 9.17) is 5.73 Å². The van der Waals surface area contributed by atoms with Crippen LogP contribution in [0.15, 0.2) is 0 Å². The second kappa shape index (κ2) is 4.53. The Balaban J connectivity index is 2.65. The molecule has 0 aliphatic carbocycles. The molecule has 3 N–H and O–H groups in total. The second-order valence-corrected chi connectivity index (χ2v) is 4.16. The highest BCUT2D eigenvalue weighted by Crippen LogP contribution is 2.20. The fraction of sp³-hybridized carbons (Fsp3) is 0.700. The first-order chi connectivity index (χ1) is 6.93. The lowest BCUT2D eigenvalue weighted by atomic mass is 10.3. The zero-order chi connectivity index (χ0) is 11.6. The molecular formula is C10H21N5. The maximum Gasteiger partial charge on any atom is 0.147 e. The number of nitrogens with one attached hydrogen (secondary N) is 1. The van der Waals surface area contributed by atoms with Gasteiger partial charge in [0.25, 0.3) is 0 Å². The van der Waals surface area contributed by atoms with Gasteiger partial charge in [-0.2, -0.15) is 5.10 Å². The molecule has 0 aliphatic heterocycles. The smallest absolute Gasteiger partial charge is 0.147 e. The number of nitrogens with zero attached hydrogens (tertiary/aromatic N) is 3. The molecule has 1 aromatic heterocycles. The first-order valence-corrected chi connectivity index (χ1v) is 5.12. The van der Waals surface area contributed by atoms with Crippen LogP contribution in [-0.4, -0.2) is 41.4 Å². The van der Waals surface area contributed by atoms with Crippen molar-refractivity contribution < 1.29 is 0 Å². The molecule has 0 bridgehead atoms. The van der Waals surface area contributed by atoms with E-state index in [1.54, 1.807) is 4.68 Å². The van der Waals surface area contributed by atoms with E-state index in [0.717, 1.165) is 23.7 Å². The molecule has 0 radical (unpaired) electrons. The Morgan fingerprint density at radius 2 is 2.13 bits per heavy atom. The Kier molecular flexibility index (Phi) is 3.57. The van der Waals surface area contributed by atoms with Crippen molar-refractivity contribution in [2.24, 2.45) is 7.05 Å². The summed E-state index contributed by atoms with van der Waals surface area (Å²) in [4.78, 5) is 2.16. The van der Waals surface area contributed by atoms with Gasteiger partial charge in [0.2, 0.25) is 0 Å². The van der Waals surface area contributed by atoms with Crippen LogP contribution in [0.4, 0.5) is 11.5 Å². The molecule has 1 heterocycles. The summed E-state index contributed by atoms with van der Waals surface area (Å²) in [6, 6.07) is 0.458. The van der Waals surface area contributed by atoms with Crippen LogP contribution in [0.1, 0.15) is 12.6 Å². The monoisotopic (exact) mass is 211 g/mol. The van der Waals surface area contributed by atoms with Crippen LogP contribution in [0.2, 0.25) is 0 Å². The Bertz CT molecular complexity index is 329. The van der Waals surface area contributed by atoms with Crippen molar-refractivity contribution in [3.8, 4) is 0 Å². The summed E-state index contributed by atoms with van der Waals surface area (Å²) in [6.07, 6.45) is 0. The third-order valence-corrected chi connectivity index (χ3v) is 2.71. The van der Waals surface area contributed by atoms with Crippen LogP contribution >= 0.6 is 0 Å². The number of nitrogen functional groups attached to an aromatic ring is 1. The third-order valence-electron chi connectivity index (χ3n) is 2.71. The zero-order valence-electron chi connectivity index (χ0n) is 10.2. The number of likely N-dealkylation sites (N-methyl/N-ethyl adjacent to an activating group) is 1. The standard InChI is InChI=1S/C10H21N5/c1-7(14(3)4)6-12-10-9(11)8(2)13-15(10)5/h7,12H,6,11H2,1-5H3. The lowest BCUT2D eigenvalue weighted by Gasteiger charge is -2.20. The molecule has 0 aliphatic rings. The molecule has 1 rings (SSSR count). The molecule has 1 aromatic rings. The van der Waals surface area contributed by atoms with Crippen molar-refractivity contribution in [2.75, 3.05) is 31.7 Å². The zero-order valence-corrected chi connectivity index (χ0v) is 10.2. The van der Waals surface area contributed by atoms with Crippen molar-refractivity contribution >= 4 is 11.5 Å². The normalized spacial score (nSPS) is 13.2. The first kappa shape index (κ1) is 11.8. The summed E-state index contributed by atoms with van der Waals surface area (Å²) < 4.78 is 1.78. The first-order valence-electron chi connectivity index (χ1n) is 5.12. The minimum Gasteiger partial charge on any atom is -0.394 e. The molecule has 5 nitrogen and oxygen atoms in total. The Hall–Kier alpha value is -1.23. The van der Waals surface area contributed by atoms with Gasteiger partial charge in [-0.15, -0.1) is 0 Å². The van der Waals surface area contributed by atoms with Crippen LogP contribution in [0.5, 0.6) is 0 Å². The van der Waals surface area contributed by atoms with Crippen LogP contribution in [-0.2, 0) is 7.05 Å². The topological polar surface area (TPSA) is 59.1 Å². The van der Waals surface area contributed by atoms with E-state index in [2.05, 4.69) is 36.3 Å². The van der Waals surface area contributed by atoms with E-state index < -0.39 is 0 Å². The number of hydrogen-bond acceptors (Lipinski definition) is 4. The third kappa shape index (κ3) is 2.62. The summed E-state index contributed by atoms with van der Waals surface area (Å²) in [5, 5.41) is 7.57. The summed E-state index contributed by atoms with van der Waals surface area (Å²) in [5.74, 6) is 0.904. The molecule has 0 amide bonds. The molecule has 0 fully saturated rings. The van der Waals surface area contributed by atoms with Crippen molar-refractivity contribution in [1.82, 2.24) is 14.7 Å². The van der Waals surface area contributed by atoms with E-state index in [0.29, 0.717) is 6.04 Å². The summed E-state index contributed by atoms with van der Waals surface area (Å²) in [6.45, 7) is 4.93. The van der Waals surface area contributed by atoms with Gasteiger partial charge in [0.1, 0.15) is 5.82 Å². The molecule has 1 unspecified atom stereocenters. The number of aromatic nitrogens is 2. The number of rotatable bonds is 4. The maximum atomic E-state index is 5.91. The number of aryl methyl sites for hydroxylation is 2. The predicted octanol–water partition coefficient (Wildman–Crippen LogP) is 0.673. The molecule has 0 saturated carbocycles. The molecule has 0 aromatic carbocycles. The molecule has 0 spiro atoms. The van der Waals surface area contributed by atoms with Crippen molar-refractivity contribution in [1.29, 1.82) is 0 Å². The second-order valence-electron chi connectivity index (χ2n) is 4.16. The summed E-state index contributed by atoms with van der Waals surface area (Å²) >= 11 is 0. The van der Waals surface area contributed by atoms with Gasteiger partial charge in [0.15, 0.2) is 0 Å². The van der Waals surface area contributed by atoms with Gasteiger partial charge < -0.3 is 16.0 Å². The molecule has 0 saturated heterocycles. The van der Waals surface area contributed by atoms with Gasteiger partial charge in [0, 0.05) is 19.6 Å². The highest BCUT2D eigenvalue weighted by Gasteiger charge is 2.11. The average molecular weight is 211 g/mol. The van der Waals surface area contributed by atoms with E-state index in [-0.39, 0.29) is 0 Å². The fourth-order valence-corrected chi connectivity index (χ4v) is 1.31.